The molecule has 0 aromatic heterocycles. The minimum absolute atomic E-state index is 0.344. The van der Waals surface area contributed by atoms with Gasteiger partial charge in [-0.3, -0.25) is 0 Å². The maximum absolute atomic E-state index is 11.6. The number of nitrogen functional groups attached to an aromatic ring is 1. The number of carbonyl (C=O) groups excluding carboxylic acids is 1. The molecule has 0 heterocycles. The molecule has 2 aromatic carbocycles. The molecule has 21 heavy (non-hydrogen) atoms. The number of hydrogen-bond acceptors (Lipinski definition) is 4. The number of esters is 1. The lowest BCUT2D eigenvalue weighted by molar-refractivity contribution is 0.0600. The maximum atomic E-state index is 11.6. The van der Waals surface area contributed by atoms with Gasteiger partial charge in [0.1, 0.15) is 0 Å². The van der Waals surface area contributed by atoms with Crippen LogP contribution in [0, 0.1) is 13.8 Å². The molecular weight excluding hydrogens is 282 g/mol. The van der Waals surface area contributed by atoms with Crippen LogP contribution in [0.3, 0.4) is 0 Å². The molecule has 0 amide bonds. The van der Waals surface area contributed by atoms with Gasteiger partial charge in [0.05, 0.1) is 12.7 Å². The molecule has 2 N–H and O–H groups in total. The van der Waals surface area contributed by atoms with Gasteiger partial charge in [-0.15, -0.1) is 11.8 Å². The van der Waals surface area contributed by atoms with Crippen LogP contribution in [0.5, 0.6) is 0 Å². The highest BCUT2D eigenvalue weighted by Crippen LogP contribution is 2.29. The van der Waals surface area contributed by atoms with Crippen LogP contribution in [0.4, 0.5) is 5.69 Å². The van der Waals surface area contributed by atoms with E-state index in [-0.39, 0.29) is 5.97 Å². The summed E-state index contributed by atoms with van der Waals surface area (Å²) in [6.07, 6.45) is 0. The van der Waals surface area contributed by atoms with E-state index in [0.717, 1.165) is 10.6 Å². The van der Waals surface area contributed by atoms with Gasteiger partial charge in [-0.05, 0) is 37.6 Å². The Balaban J connectivity index is 2.17. The van der Waals surface area contributed by atoms with Crippen molar-refractivity contribution in [2.45, 2.75) is 24.5 Å². The van der Waals surface area contributed by atoms with E-state index >= 15 is 0 Å². The van der Waals surface area contributed by atoms with Gasteiger partial charge >= 0.3 is 5.97 Å². The summed E-state index contributed by atoms with van der Waals surface area (Å²) < 4.78 is 4.74. The first-order chi connectivity index (χ1) is 9.99. The first-order valence-electron chi connectivity index (χ1n) is 6.67. The number of hydrogen-bond donors (Lipinski definition) is 1. The summed E-state index contributed by atoms with van der Waals surface area (Å²) in [6, 6.07) is 11.7. The number of nitrogens with two attached hydrogens (primary N) is 1. The molecule has 0 bridgehead atoms. The normalized spacial score (nSPS) is 10.4. The van der Waals surface area contributed by atoms with E-state index in [0.29, 0.717) is 11.3 Å². The molecule has 0 atom stereocenters. The van der Waals surface area contributed by atoms with Gasteiger partial charge in [-0.1, -0.05) is 29.3 Å². The molecule has 0 aliphatic heterocycles. The summed E-state index contributed by atoms with van der Waals surface area (Å²) in [6.45, 7) is 4.18. The Kier molecular flexibility index (Phi) is 4.91. The van der Waals surface area contributed by atoms with E-state index in [2.05, 4.69) is 32.0 Å². The van der Waals surface area contributed by atoms with Crippen LogP contribution in [0.2, 0.25) is 0 Å². The Morgan fingerprint density at radius 3 is 2.43 bits per heavy atom. The average Bonchev–Trinajstić information content (AvgIpc) is 2.44. The molecule has 4 heteroatoms. The third kappa shape index (κ3) is 4.02. The molecule has 0 aliphatic carbocycles. The van der Waals surface area contributed by atoms with Crippen LogP contribution in [0.25, 0.3) is 0 Å². The van der Waals surface area contributed by atoms with Gasteiger partial charge < -0.3 is 10.5 Å². The Labute approximate surface area is 129 Å². The molecule has 2 aromatic rings. The summed E-state index contributed by atoms with van der Waals surface area (Å²) in [7, 11) is 1.38. The van der Waals surface area contributed by atoms with Crippen molar-refractivity contribution < 1.29 is 9.53 Å². The quantitative estimate of drug-likeness (QED) is 0.527. The van der Waals surface area contributed by atoms with E-state index < -0.39 is 0 Å². The van der Waals surface area contributed by atoms with Crippen LogP contribution in [0.15, 0.2) is 41.3 Å². The molecule has 0 aliphatic rings. The molecule has 0 unspecified atom stereocenters. The van der Waals surface area contributed by atoms with Crippen molar-refractivity contribution >= 4 is 23.4 Å². The number of thioether (sulfide) groups is 1. The number of ether oxygens (including phenoxy) is 1. The zero-order chi connectivity index (χ0) is 15.4. The number of benzene rings is 2. The second kappa shape index (κ2) is 6.68. The molecule has 0 saturated heterocycles. The lowest BCUT2D eigenvalue weighted by Crippen LogP contribution is -2.02. The Hall–Kier alpha value is -1.94. The minimum atomic E-state index is -0.344. The molecule has 2 rings (SSSR count). The topological polar surface area (TPSA) is 52.3 Å². The van der Waals surface area contributed by atoms with E-state index in [4.69, 9.17) is 10.5 Å². The van der Waals surface area contributed by atoms with Crippen molar-refractivity contribution in [3.63, 3.8) is 0 Å². The van der Waals surface area contributed by atoms with Crippen LogP contribution < -0.4 is 5.73 Å². The van der Waals surface area contributed by atoms with Gasteiger partial charge in [0, 0.05) is 16.3 Å². The van der Waals surface area contributed by atoms with Gasteiger partial charge in [0.2, 0.25) is 0 Å². The SMILES string of the molecule is COC(=O)c1ccc(N)c(SCc2cc(C)cc(C)c2)c1. The standard InChI is InChI=1S/C17H19NO2S/c1-11-6-12(2)8-13(7-11)10-21-16-9-14(17(19)20-3)4-5-15(16)18/h4-9H,10,18H2,1-3H3. The highest BCUT2D eigenvalue weighted by Gasteiger charge is 2.09. The Morgan fingerprint density at radius 1 is 1.14 bits per heavy atom. The van der Waals surface area contributed by atoms with Crippen LogP contribution in [-0.2, 0) is 10.5 Å². The van der Waals surface area contributed by atoms with Gasteiger partial charge in [0.15, 0.2) is 0 Å². The maximum Gasteiger partial charge on any atom is 0.337 e. The van der Waals surface area contributed by atoms with Crippen molar-refractivity contribution in [2.24, 2.45) is 0 Å². The van der Waals surface area contributed by atoms with Crippen molar-refractivity contribution in [3.05, 3.63) is 58.7 Å². The van der Waals surface area contributed by atoms with E-state index in [1.165, 1.54) is 23.8 Å². The zero-order valence-corrected chi connectivity index (χ0v) is 13.3. The second-order valence-electron chi connectivity index (χ2n) is 5.03. The highest BCUT2D eigenvalue weighted by molar-refractivity contribution is 7.98. The number of anilines is 1. The molecule has 0 spiro atoms. The smallest absolute Gasteiger partial charge is 0.337 e. The molecule has 0 fully saturated rings. The third-order valence-electron chi connectivity index (χ3n) is 3.11. The summed E-state index contributed by atoms with van der Waals surface area (Å²) in [5.41, 5.74) is 10.9. The Bertz CT molecular complexity index is 648. The zero-order valence-electron chi connectivity index (χ0n) is 12.5. The lowest BCUT2D eigenvalue weighted by Gasteiger charge is -2.09. The summed E-state index contributed by atoms with van der Waals surface area (Å²) >= 11 is 1.63. The predicted octanol–water partition coefficient (Wildman–Crippen LogP) is 3.96. The van der Waals surface area contributed by atoms with Gasteiger partial charge in [-0.25, -0.2) is 4.79 Å². The Morgan fingerprint density at radius 2 is 1.81 bits per heavy atom. The summed E-state index contributed by atoms with van der Waals surface area (Å²) in [4.78, 5) is 12.5. The monoisotopic (exact) mass is 301 g/mol. The van der Waals surface area contributed by atoms with Crippen LogP contribution in [-0.4, -0.2) is 13.1 Å². The number of methoxy groups -OCH3 is 1. The van der Waals surface area contributed by atoms with Gasteiger partial charge in [-0.2, -0.15) is 0 Å². The number of aryl methyl sites for hydroxylation is 2. The van der Waals surface area contributed by atoms with E-state index in [1.807, 2.05) is 0 Å². The summed E-state index contributed by atoms with van der Waals surface area (Å²) in [5.74, 6) is 0.473. The fraction of sp³-hybridized carbons (Fsp3) is 0.235. The van der Waals surface area contributed by atoms with Crippen LogP contribution >= 0.6 is 11.8 Å². The average molecular weight is 301 g/mol. The van der Waals surface area contributed by atoms with E-state index in [1.54, 1.807) is 30.0 Å². The van der Waals surface area contributed by atoms with Crippen LogP contribution in [0.1, 0.15) is 27.0 Å². The van der Waals surface area contributed by atoms with Crippen molar-refractivity contribution in [2.75, 3.05) is 12.8 Å². The molecular formula is C17H19NO2S. The first-order valence-corrected chi connectivity index (χ1v) is 7.66. The second-order valence-corrected chi connectivity index (χ2v) is 6.05. The fourth-order valence-corrected chi connectivity index (χ4v) is 3.15. The lowest BCUT2D eigenvalue weighted by atomic mass is 10.1. The first kappa shape index (κ1) is 15.4. The fourth-order valence-electron chi connectivity index (χ4n) is 2.22. The number of carbonyl (C=O) groups is 1. The van der Waals surface area contributed by atoms with Crippen molar-refractivity contribution in [3.8, 4) is 0 Å². The summed E-state index contributed by atoms with van der Waals surface area (Å²) in [5, 5.41) is 0. The number of rotatable bonds is 4. The van der Waals surface area contributed by atoms with E-state index in [9.17, 15) is 4.79 Å². The van der Waals surface area contributed by atoms with Crippen molar-refractivity contribution in [1.29, 1.82) is 0 Å². The molecule has 3 nitrogen and oxygen atoms in total. The molecule has 0 radical (unpaired) electrons. The van der Waals surface area contributed by atoms with Crippen molar-refractivity contribution in [1.82, 2.24) is 0 Å². The molecule has 0 saturated carbocycles. The minimum Gasteiger partial charge on any atom is -0.465 e. The predicted molar refractivity (Wildman–Crippen MR) is 87.7 cm³/mol. The highest BCUT2D eigenvalue weighted by atomic mass is 32.2. The third-order valence-corrected chi connectivity index (χ3v) is 4.25. The molecule has 110 valence electrons. The largest absolute Gasteiger partial charge is 0.465 e. The van der Waals surface area contributed by atoms with Gasteiger partial charge in [0.25, 0.3) is 0 Å².